The predicted octanol–water partition coefficient (Wildman–Crippen LogP) is -3.36. The normalized spacial score (nSPS) is 10.5. The summed E-state index contributed by atoms with van der Waals surface area (Å²) in [6, 6.07) is 36.9. The molecule has 0 saturated heterocycles. The molecule has 0 atom stereocenters. The van der Waals surface area contributed by atoms with E-state index in [1.54, 1.807) is 109 Å². The fourth-order valence-electron chi connectivity index (χ4n) is 5.09. The molecule has 0 aliphatic rings. The second kappa shape index (κ2) is 35.6. The molecule has 0 radical (unpaired) electrons. The van der Waals surface area contributed by atoms with Crippen molar-refractivity contribution in [1.29, 1.82) is 0 Å². The molecule has 0 amide bonds. The molecule has 1 aromatic heterocycles. The predicted molar refractivity (Wildman–Crippen MR) is 260 cm³/mol. The summed E-state index contributed by atoms with van der Waals surface area (Å²) in [6.07, 6.45) is 13.4. The monoisotopic (exact) mass is 1090 g/mol. The van der Waals surface area contributed by atoms with E-state index in [4.69, 9.17) is 25.3 Å². The van der Waals surface area contributed by atoms with Crippen LogP contribution in [0.3, 0.4) is 0 Å². The van der Waals surface area contributed by atoms with E-state index >= 15 is 0 Å². The van der Waals surface area contributed by atoms with Gasteiger partial charge in [-0.05, 0) is 83.5 Å². The Labute approximate surface area is 507 Å². The first kappa shape index (κ1) is 69.6. The number of benzene rings is 5. The van der Waals surface area contributed by atoms with Crippen molar-refractivity contribution in [2.45, 2.75) is 9.79 Å². The van der Waals surface area contributed by atoms with Crippen LogP contribution in [0.5, 0.6) is 0 Å². The first-order chi connectivity index (χ1) is 31.7. The maximum atomic E-state index is 11.8. The molecule has 71 heavy (non-hydrogen) atoms. The van der Waals surface area contributed by atoms with E-state index < -0.39 is 41.5 Å². The molecule has 344 valence electrons. The third-order valence-corrected chi connectivity index (χ3v) is 10.9. The Balaban J connectivity index is 0. The van der Waals surface area contributed by atoms with E-state index in [1.165, 1.54) is 18.2 Å². The van der Waals surface area contributed by atoms with Gasteiger partial charge in [0.05, 0.1) is 21.2 Å². The molecule has 25 heteroatoms. The van der Waals surface area contributed by atoms with Gasteiger partial charge in [0.1, 0.15) is 20.2 Å². The van der Waals surface area contributed by atoms with Crippen LogP contribution in [0.2, 0.25) is 0 Å². The molecule has 0 aliphatic carbocycles. The van der Waals surface area contributed by atoms with Gasteiger partial charge in [0.15, 0.2) is 0 Å². The van der Waals surface area contributed by atoms with Crippen LogP contribution < -0.4 is 118 Å². The van der Waals surface area contributed by atoms with Crippen LogP contribution in [-0.4, -0.2) is 77.1 Å². The van der Waals surface area contributed by atoms with Crippen molar-refractivity contribution in [3.05, 3.63) is 178 Å². The van der Waals surface area contributed by atoms with Crippen molar-refractivity contribution in [3.8, 4) is 0 Å². The molecule has 5 aromatic carbocycles. The van der Waals surface area contributed by atoms with Crippen LogP contribution >= 0.6 is 11.3 Å². The van der Waals surface area contributed by atoms with E-state index in [9.17, 15) is 25.9 Å². The summed E-state index contributed by atoms with van der Waals surface area (Å²) in [5.74, 6) is 0. The molecule has 0 fully saturated rings. The fourth-order valence-corrected chi connectivity index (χ4v) is 7.20. The molecule has 0 N–H and O–H groups in total. The Kier molecular flexibility index (Phi) is 34.9. The Morgan fingerprint density at radius 3 is 1.31 bits per heavy atom. The standard InChI is InChI=1S/C24H19N2O3S.C22H17N2O3S2.4Na.2O3S/c1-3-18-4-6-20(7-5-18)17-26-23-15-12-21(24(16-23)30(27,28)29)11-8-19-9-13-22(25-2)14-10-19;1-3-20-12-13-21(28-20)15-24-18-9-5-16(6-10-18)4-7-17-8-11-19(23-2)14-22(17)29(25,26)27;;;;;2*1-4(2)3/h3-9,11-17H,1-2H2,(H,27,28,29);3-5,7-15H,1-2H2,(H,25,26,27);;;;;;/q2*-1;4*+1;;/p-2/b11-8+,26-17?;7-4+,24-15?;;;;;;. The SMILES string of the molecule is C=Cc1ccc(C=Nc2c[c-]c(/C=C/c3ccc(N=C)cc3S(=O)(=O)[O-])cc2)s1.C=Cc1ccc(C=Nc2ccc(/C=C/c3[c-]cc(N=C)cc3)c(S(=O)(=O)[O-])c2)cc1.O=S(=O)=O.O=S(=O)=O.[Na+].[Na+].[Na+].[Na+]. The number of nitrogens with zero attached hydrogens (tertiary/aromatic N) is 4. The Hall–Kier alpha value is -3.50. The minimum Gasteiger partial charge on any atom is -0.744 e. The van der Waals surface area contributed by atoms with Gasteiger partial charge in [-0.3, -0.25) is 9.98 Å². The third kappa shape index (κ3) is 26.9. The first-order valence-corrected chi connectivity index (χ1v) is 24.0. The summed E-state index contributed by atoms with van der Waals surface area (Å²) < 4.78 is 120. The van der Waals surface area contributed by atoms with Gasteiger partial charge in [0.2, 0.25) is 0 Å². The van der Waals surface area contributed by atoms with Gasteiger partial charge in [-0.2, -0.15) is 11.1 Å². The van der Waals surface area contributed by atoms with E-state index in [0.717, 1.165) is 26.6 Å². The van der Waals surface area contributed by atoms with E-state index in [0.29, 0.717) is 28.2 Å². The average molecular weight is 1090 g/mol. The summed E-state index contributed by atoms with van der Waals surface area (Å²) in [6.45, 7) is 14.2. The van der Waals surface area contributed by atoms with Gasteiger partial charge in [-0.1, -0.05) is 73.9 Å². The zero-order valence-corrected chi connectivity index (χ0v) is 50.7. The third-order valence-electron chi connectivity index (χ3n) is 8.15. The second-order valence-electron chi connectivity index (χ2n) is 12.6. The Bertz CT molecular complexity index is 3290. The van der Waals surface area contributed by atoms with Gasteiger partial charge >= 0.3 is 139 Å². The average Bonchev–Trinajstić information content (AvgIpc) is 3.77. The summed E-state index contributed by atoms with van der Waals surface area (Å²) >= 11 is 1.59. The maximum absolute atomic E-state index is 11.8. The molecule has 0 unspecified atom stereocenters. The first-order valence-electron chi connectivity index (χ1n) is 18.3. The fraction of sp³-hybridized carbons (Fsp3) is 0. The van der Waals surface area contributed by atoms with Gasteiger partial charge in [0.25, 0.3) is 0 Å². The van der Waals surface area contributed by atoms with E-state index in [1.807, 2.05) is 42.5 Å². The van der Waals surface area contributed by atoms with Crippen molar-refractivity contribution in [2.24, 2.45) is 20.0 Å². The number of hydrogen-bond donors (Lipinski definition) is 0. The zero-order valence-electron chi connectivity index (χ0n) is 38.6. The molecule has 1 heterocycles. The minimum absolute atomic E-state index is 0. The van der Waals surface area contributed by atoms with Crippen LogP contribution in [0.15, 0.2) is 152 Å². The van der Waals surface area contributed by atoms with Gasteiger partial charge in [0, 0.05) is 22.2 Å². The van der Waals surface area contributed by atoms with Crippen LogP contribution in [0.25, 0.3) is 36.5 Å². The summed E-state index contributed by atoms with van der Waals surface area (Å²) in [4.78, 5) is 17.6. The quantitative estimate of drug-likeness (QED) is 0.0341. The zero-order chi connectivity index (χ0) is 49.6. The second-order valence-corrected chi connectivity index (χ2v) is 17.2. The molecule has 0 aliphatic heterocycles. The number of thiophene rings is 1. The molecule has 0 bridgehead atoms. The van der Waals surface area contributed by atoms with Crippen molar-refractivity contribution >= 4 is 138 Å². The van der Waals surface area contributed by atoms with Crippen LogP contribution in [0.1, 0.15) is 43.1 Å². The largest absolute Gasteiger partial charge is 1.00 e. The van der Waals surface area contributed by atoms with Gasteiger partial charge in [-0.15, -0.1) is 97.3 Å². The minimum atomic E-state index is -4.68. The molecule has 6 rings (SSSR count). The topological polar surface area (TPSA) is 266 Å². The Morgan fingerprint density at radius 1 is 0.493 bits per heavy atom. The summed E-state index contributed by atoms with van der Waals surface area (Å²) in [7, 11) is -15.5. The molecule has 6 aromatic rings. The molecule has 16 nitrogen and oxygen atoms in total. The summed E-state index contributed by atoms with van der Waals surface area (Å²) in [5, 5.41) is 0. The van der Waals surface area contributed by atoms with Crippen molar-refractivity contribution < 1.29 is 169 Å². The molecule has 0 saturated carbocycles. The molecular formula is C46H34N4Na4O12S5. The maximum Gasteiger partial charge on any atom is 1.00 e. The molecular weight excluding hydrogens is 1050 g/mol. The van der Waals surface area contributed by atoms with Crippen LogP contribution in [0, 0.1) is 12.1 Å². The molecule has 0 spiro atoms. The number of rotatable bonds is 14. The van der Waals surface area contributed by atoms with E-state index in [-0.39, 0.29) is 139 Å². The summed E-state index contributed by atoms with van der Waals surface area (Å²) in [5.41, 5.74) is 5.89. The number of aliphatic imine (C=N–C) groups is 4. The van der Waals surface area contributed by atoms with Crippen LogP contribution in [0.4, 0.5) is 22.7 Å². The van der Waals surface area contributed by atoms with Crippen molar-refractivity contribution in [1.82, 2.24) is 0 Å². The number of hydrogen-bond acceptors (Lipinski definition) is 17. The van der Waals surface area contributed by atoms with Gasteiger partial charge < -0.3 is 19.1 Å². The van der Waals surface area contributed by atoms with E-state index in [2.05, 4.69) is 58.7 Å². The van der Waals surface area contributed by atoms with Crippen LogP contribution in [-0.2, 0) is 41.5 Å². The Morgan fingerprint density at radius 2 is 0.901 bits per heavy atom. The van der Waals surface area contributed by atoms with Crippen molar-refractivity contribution in [2.75, 3.05) is 0 Å². The smallest absolute Gasteiger partial charge is 0.744 e. The van der Waals surface area contributed by atoms with Crippen molar-refractivity contribution in [3.63, 3.8) is 0 Å². The van der Waals surface area contributed by atoms with Gasteiger partial charge in [-0.25, -0.2) is 16.8 Å².